The number of hydrogen-bond donors (Lipinski definition) is 0. The van der Waals surface area contributed by atoms with Gasteiger partial charge >= 0.3 is 0 Å². The van der Waals surface area contributed by atoms with Gasteiger partial charge < -0.3 is 4.74 Å². The average Bonchev–Trinajstić information content (AvgIpc) is 2.17. The quantitative estimate of drug-likeness (QED) is 0.783. The van der Waals surface area contributed by atoms with Crippen molar-refractivity contribution >= 4 is 15.9 Å². The Hall–Kier alpha value is -0.710. The minimum absolute atomic E-state index is 0.180. The maximum absolute atomic E-state index is 12.5. The highest BCUT2D eigenvalue weighted by molar-refractivity contribution is 9.08. The Balaban J connectivity index is 3.28. The number of alkyl halides is 3. The minimum Gasteiger partial charge on any atom is -0.495 e. The summed E-state index contributed by atoms with van der Waals surface area (Å²) >= 11 is 3.16. The molecule has 0 aliphatic heterocycles. The standard InChI is InChI=1S/C9H10BrF2NO/c1-5-6(3-10)8(9(11)12)13-4-7(5)14-2/h4,9H,3H2,1-2H3. The lowest BCUT2D eigenvalue weighted by atomic mass is 10.1. The van der Waals surface area contributed by atoms with Crippen LogP contribution < -0.4 is 4.74 Å². The molecule has 0 atom stereocenters. The van der Waals surface area contributed by atoms with Gasteiger partial charge in [0.1, 0.15) is 11.4 Å². The molecule has 0 N–H and O–H groups in total. The van der Waals surface area contributed by atoms with Crippen LogP contribution in [0.3, 0.4) is 0 Å². The molecule has 78 valence electrons. The number of rotatable bonds is 3. The Morgan fingerprint density at radius 3 is 2.64 bits per heavy atom. The van der Waals surface area contributed by atoms with Crippen molar-refractivity contribution in [1.82, 2.24) is 4.98 Å². The van der Waals surface area contributed by atoms with Gasteiger partial charge in [0, 0.05) is 5.33 Å². The molecule has 14 heavy (non-hydrogen) atoms. The van der Waals surface area contributed by atoms with Crippen LogP contribution in [-0.4, -0.2) is 12.1 Å². The van der Waals surface area contributed by atoms with E-state index in [4.69, 9.17) is 4.74 Å². The number of pyridine rings is 1. The van der Waals surface area contributed by atoms with Crippen molar-refractivity contribution in [2.45, 2.75) is 18.7 Å². The van der Waals surface area contributed by atoms with Crippen molar-refractivity contribution < 1.29 is 13.5 Å². The third-order valence-corrected chi connectivity index (χ3v) is 2.57. The van der Waals surface area contributed by atoms with Gasteiger partial charge in [-0.3, -0.25) is 4.98 Å². The fraction of sp³-hybridized carbons (Fsp3) is 0.444. The minimum atomic E-state index is -2.55. The van der Waals surface area contributed by atoms with Crippen molar-refractivity contribution in [1.29, 1.82) is 0 Å². The van der Waals surface area contributed by atoms with Crippen molar-refractivity contribution in [2.24, 2.45) is 0 Å². The SMILES string of the molecule is COc1cnc(C(F)F)c(CBr)c1C. The van der Waals surface area contributed by atoms with Crippen LogP contribution in [0.1, 0.15) is 23.2 Å². The Morgan fingerprint density at radius 1 is 1.57 bits per heavy atom. The van der Waals surface area contributed by atoms with E-state index in [-0.39, 0.29) is 5.69 Å². The first-order chi connectivity index (χ1) is 6.61. The van der Waals surface area contributed by atoms with Crippen molar-refractivity contribution in [3.8, 4) is 5.75 Å². The zero-order valence-corrected chi connectivity index (χ0v) is 9.44. The molecule has 1 aromatic heterocycles. The first-order valence-corrected chi connectivity index (χ1v) is 5.10. The maximum Gasteiger partial charge on any atom is 0.280 e. The molecule has 0 bridgehead atoms. The summed E-state index contributed by atoms with van der Waals surface area (Å²) in [7, 11) is 1.49. The molecular weight excluding hydrogens is 256 g/mol. The molecule has 0 saturated carbocycles. The summed E-state index contributed by atoms with van der Waals surface area (Å²) in [5.41, 5.74) is 1.02. The lowest BCUT2D eigenvalue weighted by molar-refractivity contribution is 0.145. The normalized spacial score (nSPS) is 10.7. The molecule has 0 spiro atoms. The highest BCUT2D eigenvalue weighted by Gasteiger charge is 2.18. The molecular formula is C9H10BrF2NO. The highest BCUT2D eigenvalue weighted by Crippen LogP contribution is 2.29. The molecule has 0 aliphatic carbocycles. The summed E-state index contributed by atoms with van der Waals surface area (Å²) in [6.07, 6.45) is -1.23. The lowest BCUT2D eigenvalue weighted by Crippen LogP contribution is -2.01. The van der Waals surface area contributed by atoms with Crippen LogP contribution in [0.4, 0.5) is 8.78 Å². The van der Waals surface area contributed by atoms with Gasteiger partial charge in [0.15, 0.2) is 0 Å². The fourth-order valence-electron chi connectivity index (χ4n) is 1.21. The first-order valence-electron chi connectivity index (χ1n) is 3.98. The van der Waals surface area contributed by atoms with Gasteiger partial charge in [-0.05, 0) is 18.1 Å². The molecule has 1 rings (SSSR count). The molecule has 0 amide bonds. The predicted molar refractivity (Wildman–Crippen MR) is 53.1 cm³/mol. The van der Waals surface area contributed by atoms with E-state index < -0.39 is 6.43 Å². The van der Waals surface area contributed by atoms with E-state index in [0.29, 0.717) is 22.2 Å². The number of hydrogen-bond acceptors (Lipinski definition) is 2. The zero-order valence-electron chi connectivity index (χ0n) is 7.85. The summed E-state index contributed by atoms with van der Waals surface area (Å²) < 4.78 is 30.0. The van der Waals surface area contributed by atoms with E-state index in [1.165, 1.54) is 13.3 Å². The topological polar surface area (TPSA) is 22.1 Å². The largest absolute Gasteiger partial charge is 0.495 e. The maximum atomic E-state index is 12.5. The molecule has 2 nitrogen and oxygen atoms in total. The van der Waals surface area contributed by atoms with Crippen LogP contribution in [0, 0.1) is 6.92 Å². The van der Waals surface area contributed by atoms with Gasteiger partial charge in [-0.2, -0.15) is 0 Å². The molecule has 0 aromatic carbocycles. The van der Waals surface area contributed by atoms with Crippen molar-refractivity contribution in [3.05, 3.63) is 23.0 Å². The molecule has 0 unspecified atom stereocenters. The number of ether oxygens (including phenoxy) is 1. The second-order valence-electron chi connectivity index (χ2n) is 2.75. The second kappa shape index (κ2) is 4.68. The summed E-state index contributed by atoms with van der Waals surface area (Å²) in [6, 6.07) is 0. The number of methoxy groups -OCH3 is 1. The van der Waals surface area contributed by atoms with E-state index in [1.807, 2.05) is 0 Å². The van der Waals surface area contributed by atoms with Crippen molar-refractivity contribution in [3.63, 3.8) is 0 Å². The van der Waals surface area contributed by atoms with Crippen LogP contribution in [0.15, 0.2) is 6.20 Å². The van der Waals surface area contributed by atoms with Crippen LogP contribution in [0.2, 0.25) is 0 Å². The Morgan fingerprint density at radius 2 is 2.21 bits per heavy atom. The molecule has 0 fully saturated rings. The molecule has 1 heterocycles. The molecule has 0 saturated heterocycles. The van der Waals surface area contributed by atoms with E-state index in [2.05, 4.69) is 20.9 Å². The Kier molecular flexibility index (Phi) is 3.80. The second-order valence-corrected chi connectivity index (χ2v) is 3.31. The summed E-state index contributed by atoms with van der Waals surface area (Å²) in [4.78, 5) is 3.68. The van der Waals surface area contributed by atoms with Crippen molar-refractivity contribution in [2.75, 3.05) is 7.11 Å². The first kappa shape index (κ1) is 11.4. The predicted octanol–water partition coefficient (Wildman–Crippen LogP) is 3.23. The summed E-state index contributed by atoms with van der Waals surface area (Å²) in [5.74, 6) is 0.531. The van der Waals surface area contributed by atoms with Crippen LogP contribution in [-0.2, 0) is 5.33 Å². The lowest BCUT2D eigenvalue weighted by Gasteiger charge is -2.11. The van der Waals surface area contributed by atoms with Gasteiger partial charge in [0.05, 0.1) is 13.3 Å². The number of nitrogens with zero attached hydrogens (tertiary/aromatic N) is 1. The average molecular weight is 266 g/mol. The number of halogens is 3. The molecule has 5 heteroatoms. The third kappa shape index (κ3) is 2.03. The highest BCUT2D eigenvalue weighted by atomic mass is 79.9. The number of aromatic nitrogens is 1. The van der Waals surface area contributed by atoms with Crippen LogP contribution in [0.25, 0.3) is 0 Å². The summed E-state index contributed by atoms with van der Waals surface area (Å²) in [5, 5.41) is 0.350. The monoisotopic (exact) mass is 265 g/mol. The summed E-state index contributed by atoms with van der Waals surface area (Å²) in [6.45, 7) is 1.74. The molecule has 0 radical (unpaired) electrons. The zero-order chi connectivity index (χ0) is 10.7. The van der Waals surface area contributed by atoms with E-state index >= 15 is 0 Å². The Labute approximate surface area is 89.4 Å². The van der Waals surface area contributed by atoms with E-state index in [1.54, 1.807) is 6.92 Å². The van der Waals surface area contributed by atoms with E-state index in [0.717, 1.165) is 0 Å². The smallest absolute Gasteiger partial charge is 0.280 e. The van der Waals surface area contributed by atoms with E-state index in [9.17, 15) is 8.78 Å². The van der Waals surface area contributed by atoms with Crippen LogP contribution >= 0.6 is 15.9 Å². The Bertz CT molecular complexity index is 331. The van der Waals surface area contributed by atoms with Crippen LogP contribution in [0.5, 0.6) is 5.75 Å². The van der Waals surface area contributed by atoms with Gasteiger partial charge in [-0.15, -0.1) is 0 Å². The van der Waals surface area contributed by atoms with Gasteiger partial charge in [0.25, 0.3) is 6.43 Å². The molecule has 1 aromatic rings. The van der Waals surface area contributed by atoms with Gasteiger partial charge in [-0.1, -0.05) is 15.9 Å². The molecule has 0 aliphatic rings. The van der Waals surface area contributed by atoms with Gasteiger partial charge in [-0.25, -0.2) is 8.78 Å². The van der Waals surface area contributed by atoms with Gasteiger partial charge in [0.2, 0.25) is 0 Å². The fourth-order valence-corrected chi connectivity index (χ4v) is 1.91. The third-order valence-electron chi connectivity index (χ3n) is 2.01.